The van der Waals surface area contributed by atoms with Crippen LogP contribution in [0.25, 0.3) is 5.78 Å². The van der Waals surface area contributed by atoms with Gasteiger partial charge in [-0.2, -0.15) is 0 Å². The fraction of sp³-hybridized carbons (Fsp3) is 0.538. The Labute approximate surface area is 109 Å². The third kappa shape index (κ3) is 2.45. The first-order chi connectivity index (χ1) is 9.25. The van der Waals surface area contributed by atoms with Crippen LogP contribution in [0.2, 0.25) is 0 Å². The van der Waals surface area contributed by atoms with E-state index in [9.17, 15) is 8.78 Å². The van der Waals surface area contributed by atoms with Crippen molar-refractivity contribution in [2.45, 2.75) is 31.6 Å². The van der Waals surface area contributed by atoms with Crippen LogP contribution in [0.15, 0.2) is 18.5 Å². The summed E-state index contributed by atoms with van der Waals surface area (Å²) in [5.74, 6) is 0.554. The summed E-state index contributed by atoms with van der Waals surface area (Å²) >= 11 is 0. The highest BCUT2D eigenvalue weighted by atomic mass is 19.3. The van der Waals surface area contributed by atoms with E-state index in [2.05, 4.69) is 15.3 Å². The molecule has 2 aromatic rings. The molecular formula is C13H16F2N4. The van der Waals surface area contributed by atoms with Crippen molar-refractivity contribution >= 4 is 5.78 Å². The number of halogens is 2. The normalized spacial score (nSPS) is 20.9. The molecule has 1 atom stereocenters. The van der Waals surface area contributed by atoms with Crippen LogP contribution in [0.1, 0.15) is 43.0 Å². The van der Waals surface area contributed by atoms with Crippen molar-refractivity contribution in [3.63, 3.8) is 0 Å². The van der Waals surface area contributed by atoms with Gasteiger partial charge in [-0.15, -0.1) is 0 Å². The molecule has 0 bridgehead atoms. The first kappa shape index (κ1) is 12.5. The topological polar surface area (TPSA) is 42.2 Å². The predicted octanol–water partition coefficient (Wildman–Crippen LogP) is 2.52. The molecular weight excluding hydrogens is 250 g/mol. The second kappa shape index (κ2) is 5.21. The Kier molecular flexibility index (Phi) is 3.42. The zero-order chi connectivity index (χ0) is 13.2. The number of rotatable bonds is 2. The lowest BCUT2D eigenvalue weighted by atomic mass is 9.99. The van der Waals surface area contributed by atoms with Crippen LogP contribution in [0.4, 0.5) is 8.78 Å². The minimum atomic E-state index is -2.52. The number of aromatic nitrogens is 3. The highest BCUT2D eigenvalue weighted by Gasteiger charge is 2.20. The van der Waals surface area contributed by atoms with Crippen LogP contribution in [0.3, 0.4) is 0 Å². The van der Waals surface area contributed by atoms with Crippen molar-refractivity contribution in [3.05, 3.63) is 29.8 Å². The van der Waals surface area contributed by atoms with Crippen molar-refractivity contribution in [3.8, 4) is 0 Å². The molecule has 0 amide bonds. The molecule has 2 aromatic heterocycles. The van der Waals surface area contributed by atoms with Crippen LogP contribution >= 0.6 is 0 Å². The van der Waals surface area contributed by atoms with Crippen molar-refractivity contribution in [2.24, 2.45) is 0 Å². The summed E-state index contributed by atoms with van der Waals surface area (Å²) in [6.45, 7) is 1.79. The van der Waals surface area contributed by atoms with Gasteiger partial charge in [0.1, 0.15) is 0 Å². The second-order valence-corrected chi connectivity index (χ2v) is 4.90. The van der Waals surface area contributed by atoms with Gasteiger partial charge in [0.15, 0.2) is 0 Å². The molecule has 0 aromatic carbocycles. The van der Waals surface area contributed by atoms with Crippen LogP contribution in [-0.4, -0.2) is 27.5 Å². The smallest absolute Gasteiger partial charge is 0.278 e. The highest BCUT2D eigenvalue weighted by Crippen LogP contribution is 2.26. The van der Waals surface area contributed by atoms with Crippen molar-refractivity contribution in [2.75, 3.05) is 13.1 Å². The molecule has 0 radical (unpaired) electrons. The maximum Gasteiger partial charge on any atom is 0.278 e. The Hall–Kier alpha value is -1.56. The second-order valence-electron chi connectivity index (χ2n) is 4.90. The SMILES string of the molecule is FC(F)c1cc(C2CCCCNC2)nc2nccn12. The third-order valence-electron chi connectivity index (χ3n) is 3.61. The van der Waals surface area contributed by atoms with E-state index in [1.165, 1.54) is 22.9 Å². The molecule has 1 saturated heterocycles. The number of nitrogens with zero attached hydrogens (tertiary/aromatic N) is 3. The maximum atomic E-state index is 13.1. The Morgan fingerprint density at radius 1 is 1.37 bits per heavy atom. The maximum absolute atomic E-state index is 13.1. The van der Waals surface area contributed by atoms with E-state index in [1.807, 2.05) is 0 Å². The Morgan fingerprint density at radius 2 is 2.26 bits per heavy atom. The lowest BCUT2D eigenvalue weighted by molar-refractivity contribution is 0.144. The van der Waals surface area contributed by atoms with Gasteiger partial charge in [-0.05, 0) is 25.5 Å². The van der Waals surface area contributed by atoms with Gasteiger partial charge in [0.05, 0.1) is 11.4 Å². The molecule has 1 fully saturated rings. The average molecular weight is 266 g/mol. The van der Waals surface area contributed by atoms with Crippen molar-refractivity contribution in [1.29, 1.82) is 0 Å². The van der Waals surface area contributed by atoms with Crippen molar-refractivity contribution < 1.29 is 8.78 Å². The predicted molar refractivity (Wildman–Crippen MR) is 67.4 cm³/mol. The van der Waals surface area contributed by atoms with Crippen LogP contribution < -0.4 is 5.32 Å². The molecule has 1 unspecified atom stereocenters. The van der Waals surface area contributed by atoms with Crippen LogP contribution in [0, 0.1) is 0 Å². The monoisotopic (exact) mass is 266 g/mol. The van der Waals surface area contributed by atoms with E-state index in [0.717, 1.165) is 38.0 Å². The zero-order valence-electron chi connectivity index (χ0n) is 10.5. The Bertz CT molecular complexity index is 559. The average Bonchev–Trinajstić information content (AvgIpc) is 2.70. The number of alkyl halides is 2. The largest absolute Gasteiger partial charge is 0.316 e. The highest BCUT2D eigenvalue weighted by molar-refractivity contribution is 5.34. The first-order valence-electron chi connectivity index (χ1n) is 6.58. The van der Waals surface area contributed by atoms with E-state index in [0.29, 0.717) is 5.78 Å². The van der Waals surface area contributed by atoms with Gasteiger partial charge >= 0.3 is 0 Å². The molecule has 0 aliphatic carbocycles. The number of fused-ring (bicyclic) bond motifs is 1. The van der Waals surface area contributed by atoms with Gasteiger partial charge < -0.3 is 5.32 Å². The summed E-state index contributed by atoms with van der Waals surface area (Å²) in [6, 6.07) is 1.52. The Balaban J connectivity index is 2.02. The number of hydrogen-bond donors (Lipinski definition) is 1. The fourth-order valence-corrected chi connectivity index (χ4v) is 2.60. The molecule has 6 heteroatoms. The summed E-state index contributed by atoms with van der Waals surface area (Å²) in [7, 11) is 0. The van der Waals surface area contributed by atoms with E-state index in [4.69, 9.17) is 0 Å². The lowest BCUT2D eigenvalue weighted by Gasteiger charge is -2.15. The van der Waals surface area contributed by atoms with Crippen LogP contribution in [-0.2, 0) is 0 Å². The molecule has 0 saturated carbocycles. The van der Waals surface area contributed by atoms with Gasteiger partial charge in [-0.1, -0.05) is 6.42 Å². The van der Waals surface area contributed by atoms with Crippen molar-refractivity contribution in [1.82, 2.24) is 19.7 Å². The fourth-order valence-electron chi connectivity index (χ4n) is 2.60. The molecule has 3 rings (SSSR count). The third-order valence-corrected chi connectivity index (χ3v) is 3.61. The standard InChI is InChI=1S/C13H16F2N4/c14-12(15)11-7-10(9-3-1-2-4-16-8-9)18-13-17-5-6-19(11)13/h5-7,9,12,16H,1-4,8H2. The summed E-state index contributed by atoms with van der Waals surface area (Å²) in [4.78, 5) is 8.46. The van der Waals surface area contributed by atoms with Gasteiger partial charge in [0.2, 0.25) is 5.78 Å². The summed E-state index contributed by atoms with van der Waals surface area (Å²) in [5.41, 5.74) is 0.699. The van der Waals surface area contributed by atoms with E-state index in [-0.39, 0.29) is 11.6 Å². The number of nitrogens with one attached hydrogen (secondary N) is 1. The molecule has 1 N–H and O–H groups in total. The minimum Gasteiger partial charge on any atom is -0.316 e. The molecule has 1 aliphatic heterocycles. The van der Waals surface area contributed by atoms with Gasteiger partial charge in [-0.3, -0.25) is 4.40 Å². The minimum absolute atomic E-state index is 0.0262. The number of hydrogen-bond acceptors (Lipinski definition) is 3. The molecule has 0 spiro atoms. The summed E-state index contributed by atoms with van der Waals surface area (Å²) in [5, 5.41) is 3.33. The molecule has 3 heterocycles. The molecule has 102 valence electrons. The van der Waals surface area contributed by atoms with E-state index in [1.54, 1.807) is 0 Å². The summed E-state index contributed by atoms with van der Waals surface area (Å²) < 4.78 is 27.6. The summed E-state index contributed by atoms with van der Waals surface area (Å²) in [6.07, 6.45) is 3.73. The Morgan fingerprint density at radius 3 is 3.11 bits per heavy atom. The molecule has 1 aliphatic rings. The first-order valence-corrected chi connectivity index (χ1v) is 6.58. The van der Waals surface area contributed by atoms with Gasteiger partial charge in [-0.25, -0.2) is 18.7 Å². The van der Waals surface area contributed by atoms with Gasteiger partial charge in [0, 0.05) is 24.9 Å². The van der Waals surface area contributed by atoms with E-state index < -0.39 is 6.43 Å². The molecule has 4 nitrogen and oxygen atoms in total. The quantitative estimate of drug-likeness (QED) is 0.908. The number of imidazole rings is 1. The zero-order valence-corrected chi connectivity index (χ0v) is 10.5. The lowest BCUT2D eigenvalue weighted by Crippen LogP contribution is -2.20. The van der Waals surface area contributed by atoms with Crippen LogP contribution in [0.5, 0.6) is 0 Å². The van der Waals surface area contributed by atoms with Gasteiger partial charge in [0.25, 0.3) is 6.43 Å². The van der Waals surface area contributed by atoms with E-state index >= 15 is 0 Å². The molecule has 19 heavy (non-hydrogen) atoms.